The Morgan fingerprint density at radius 1 is 0.947 bits per heavy atom. The molecule has 0 saturated heterocycles. The van der Waals surface area contributed by atoms with Gasteiger partial charge < -0.3 is 35.1 Å². The quantitative estimate of drug-likeness (QED) is 0.174. The first-order valence-electron chi connectivity index (χ1n) is 12.1. The lowest BCUT2D eigenvalue weighted by molar-refractivity contribution is -0.126. The molecule has 1 aliphatic rings. The predicted octanol–water partition coefficient (Wildman–Crippen LogP) is 1.32. The Hall–Kier alpha value is -3.96. The molecule has 0 saturated carbocycles. The van der Waals surface area contributed by atoms with E-state index in [1.807, 2.05) is 34.6 Å². The number of aromatic hydroxyl groups is 2. The number of ketones is 1. The van der Waals surface area contributed by atoms with Crippen LogP contribution in [0.2, 0.25) is 0 Å². The van der Waals surface area contributed by atoms with E-state index >= 15 is 0 Å². The number of phenolic OH excluding ortho intramolecular Hbond substituents is 2. The van der Waals surface area contributed by atoms with Crippen LogP contribution in [0.25, 0.3) is 0 Å². The Bertz CT molecular complexity index is 1240. The Kier molecular flexibility index (Phi) is 9.08. The molecule has 2 unspecified atom stereocenters. The number of nitrogens with one attached hydrogen (secondary N) is 3. The first-order valence-corrected chi connectivity index (χ1v) is 12.1. The molecule has 11 heteroatoms. The van der Waals surface area contributed by atoms with Gasteiger partial charge in [-0.3, -0.25) is 19.7 Å². The zero-order valence-electron chi connectivity index (χ0n) is 22.1. The summed E-state index contributed by atoms with van der Waals surface area (Å²) in [5.41, 5.74) is 5.78. The summed E-state index contributed by atoms with van der Waals surface area (Å²) >= 11 is 0. The van der Waals surface area contributed by atoms with E-state index in [1.165, 1.54) is 6.07 Å². The summed E-state index contributed by atoms with van der Waals surface area (Å²) in [7, 11) is 0. The first kappa shape index (κ1) is 28.6. The average molecular weight is 528 g/mol. The Balaban J connectivity index is 1.82. The van der Waals surface area contributed by atoms with Gasteiger partial charge in [0.15, 0.2) is 12.2 Å². The minimum Gasteiger partial charge on any atom is -0.508 e. The zero-order valence-corrected chi connectivity index (χ0v) is 22.1. The maximum Gasteiger partial charge on any atom is 0.239 e. The second kappa shape index (κ2) is 12.1. The SMILES string of the molecule is Cc1c(C)c(C)c(C2Oc3cc(O)cc(O)c3C(=O)C2OCNCC(=O)NCC(=O)NCC=O)c(C)c1C. The molecular weight excluding hydrogens is 494 g/mol. The minimum absolute atomic E-state index is 0.0484. The number of carbonyl (C=O) groups is 4. The summed E-state index contributed by atoms with van der Waals surface area (Å²) in [5, 5.41) is 27.8. The van der Waals surface area contributed by atoms with Gasteiger partial charge in [0, 0.05) is 17.7 Å². The first-order chi connectivity index (χ1) is 18.0. The van der Waals surface area contributed by atoms with Crippen molar-refractivity contribution < 1.29 is 38.9 Å². The van der Waals surface area contributed by atoms with Gasteiger partial charge in [0.05, 0.1) is 26.4 Å². The second-order valence-electron chi connectivity index (χ2n) is 9.19. The average Bonchev–Trinajstić information content (AvgIpc) is 2.87. The molecule has 2 amide bonds. The fourth-order valence-corrected chi connectivity index (χ4v) is 4.51. The number of fused-ring (bicyclic) bond motifs is 1. The molecule has 2 atom stereocenters. The number of Topliss-reactive ketones (excluding diaryl/α,β-unsaturated/α-hetero) is 1. The maximum absolute atomic E-state index is 13.6. The van der Waals surface area contributed by atoms with E-state index in [1.54, 1.807) is 0 Å². The highest BCUT2D eigenvalue weighted by Crippen LogP contribution is 2.45. The maximum atomic E-state index is 13.6. The number of rotatable bonds is 10. The number of phenols is 2. The highest BCUT2D eigenvalue weighted by atomic mass is 16.6. The largest absolute Gasteiger partial charge is 0.508 e. The van der Waals surface area contributed by atoms with Gasteiger partial charge in [0.1, 0.15) is 29.1 Å². The smallest absolute Gasteiger partial charge is 0.239 e. The lowest BCUT2D eigenvalue weighted by Crippen LogP contribution is -2.44. The Morgan fingerprint density at radius 3 is 2.18 bits per heavy atom. The van der Waals surface area contributed by atoms with Crippen LogP contribution in [0, 0.1) is 34.6 Å². The lowest BCUT2D eigenvalue weighted by Gasteiger charge is -2.35. The van der Waals surface area contributed by atoms with Crippen LogP contribution in [0.3, 0.4) is 0 Å². The molecule has 0 aliphatic carbocycles. The number of aldehydes is 1. The summed E-state index contributed by atoms with van der Waals surface area (Å²) in [5.74, 6) is -2.15. The number of carbonyl (C=O) groups excluding carboxylic acids is 4. The van der Waals surface area contributed by atoms with Crippen molar-refractivity contribution in [1.29, 1.82) is 0 Å². The molecule has 204 valence electrons. The topological polar surface area (TPSA) is 163 Å². The van der Waals surface area contributed by atoms with Gasteiger partial charge in [0.25, 0.3) is 0 Å². The third-order valence-electron chi connectivity index (χ3n) is 6.92. The van der Waals surface area contributed by atoms with Gasteiger partial charge in [-0.05, 0) is 62.4 Å². The molecule has 1 aliphatic heterocycles. The number of hydrogen-bond donors (Lipinski definition) is 5. The molecule has 2 aromatic rings. The fraction of sp³-hybridized carbons (Fsp3) is 0.407. The van der Waals surface area contributed by atoms with Crippen molar-refractivity contribution in [3.8, 4) is 17.2 Å². The van der Waals surface area contributed by atoms with E-state index in [-0.39, 0.29) is 43.4 Å². The summed E-state index contributed by atoms with van der Waals surface area (Å²) in [6.07, 6.45) is -1.52. The molecule has 38 heavy (non-hydrogen) atoms. The molecule has 0 fully saturated rings. The molecular formula is C27H33N3O8. The summed E-state index contributed by atoms with van der Waals surface area (Å²) in [6, 6.07) is 2.34. The van der Waals surface area contributed by atoms with Crippen molar-refractivity contribution in [2.24, 2.45) is 0 Å². The molecule has 3 rings (SSSR count). The summed E-state index contributed by atoms with van der Waals surface area (Å²) in [4.78, 5) is 47.4. The molecule has 2 aromatic carbocycles. The molecule has 0 radical (unpaired) electrons. The van der Waals surface area contributed by atoms with E-state index < -0.39 is 35.6 Å². The van der Waals surface area contributed by atoms with Crippen molar-refractivity contribution in [1.82, 2.24) is 16.0 Å². The van der Waals surface area contributed by atoms with Crippen LogP contribution in [-0.2, 0) is 19.1 Å². The van der Waals surface area contributed by atoms with Crippen LogP contribution in [-0.4, -0.2) is 66.6 Å². The van der Waals surface area contributed by atoms with Gasteiger partial charge >= 0.3 is 0 Å². The number of amides is 2. The molecule has 0 spiro atoms. The van der Waals surface area contributed by atoms with Gasteiger partial charge in [-0.1, -0.05) is 0 Å². The third kappa shape index (κ3) is 5.95. The third-order valence-corrected chi connectivity index (χ3v) is 6.92. The Morgan fingerprint density at radius 2 is 1.55 bits per heavy atom. The highest BCUT2D eigenvalue weighted by Gasteiger charge is 2.42. The molecule has 0 aromatic heterocycles. The van der Waals surface area contributed by atoms with Crippen molar-refractivity contribution >= 4 is 23.9 Å². The minimum atomic E-state index is -1.17. The number of hydrogen-bond acceptors (Lipinski definition) is 9. The molecule has 5 N–H and O–H groups in total. The molecule has 11 nitrogen and oxygen atoms in total. The van der Waals surface area contributed by atoms with Crippen LogP contribution >= 0.6 is 0 Å². The van der Waals surface area contributed by atoms with Crippen molar-refractivity contribution in [2.45, 2.75) is 46.8 Å². The van der Waals surface area contributed by atoms with Crippen LogP contribution in [0.15, 0.2) is 12.1 Å². The van der Waals surface area contributed by atoms with Crippen LogP contribution in [0.4, 0.5) is 0 Å². The van der Waals surface area contributed by atoms with Crippen molar-refractivity contribution in [3.05, 3.63) is 51.1 Å². The van der Waals surface area contributed by atoms with E-state index in [0.29, 0.717) is 6.29 Å². The lowest BCUT2D eigenvalue weighted by atomic mass is 9.83. The summed E-state index contributed by atoms with van der Waals surface area (Å²) in [6.45, 7) is 9.05. The van der Waals surface area contributed by atoms with Crippen molar-refractivity contribution in [2.75, 3.05) is 26.4 Å². The number of ether oxygens (including phenoxy) is 2. The van der Waals surface area contributed by atoms with Crippen LogP contribution in [0.5, 0.6) is 17.2 Å². The normalized spacial score (nSPS) is 16.4. The van der Waals surface area contributed by atoms with E-state index in [0.717, 1.165) is 39.4 Å². The van der Waals surface area contributed by atoms with Gasteiger partial charge in [-0.15, -0.1) is 0 Å². The fourth-order valence-electron chi connectivity index (χ4n) is 4.51. The van der Waals surface area contributed by atoms with E-state index in [2.05, 4.69) is 16.0 Å². The van der Waals surface area contributed by atoms with Gasteiger partial charge in [-0.25, -0.2) is 0 Å². The van der Waals surface area contributed by atoms with Gasteiger partial charge in [-0.2, -0.15) is 0 Å². The zero-order chi connectivity index (χ0) is 28.1. The van der Waals surface area contributed by atoms with Crippen molar-refractivity contribution in [3.63, 3.8) is 0 Å². The van der Waals surface area contributed by atoms with Crippen LogP contribution in [0.1, 0.15) is 49.8 Å². The Labute approximate surface area is 220 Å². The molecule has 0 bridgehead atoms. The highest BCUT2D eigenvalue weighted by molar-refractivity contribution is 6.06. The second-order valence-corrected chi connectivity index (χ2v) is 9.19. The monoisotopic (exact) mass is 527 g/mol. The predicted molar refractivity (Wildman–Crippen MR) is 137 cm³/mol. The van der Waals surface area contributed by atoms with E-state index in [9.17, 15) is 29.4 Å². The van der Waals surface area contributed by atoms with E-state index in [4.69, 9.17) is 9.47 Å². The summed E-state index contributed by atoms with van der Waals surface area (Å²) < 4.78 is 12.1. The standard InChI is InChI=1S/C27H33N3O8/c1-13-14(2)16(4)23(17(5)15(13)3)26-27(25(36)24-19(33)8-18(32)9-20(24)38-26)37-12-28-10-21(34)30-11-22(35)29-6-7-31/h7-9,26-28,32-33H,6,10-12H2,1-5H3,(H,29,35)(H,30,34). The molecule has 1 heterocycles. The van der Waals surface area contributed by atoms with Crippen LogP contribution < -0.4 is 20.7 Å². The van der Waals surface area contributed by atoms with Gasteiger partial charge in [0.2, 0.25) is 17.6 Å². The number of benzene rings is 2.